The van der Waals surface area contributed by atoms with Crippen molar-refractivity contribution >= 4 is 17.4 Å². The van der Waals surface area contributed by atoms with Crippen LogP contribution in [0.2, 0.25) is 0 Å². The summed E-state index contributed by atoms with van der Waals surface area (Å²) in [5.41, 5.74) is 10.8. The molecule has 0 aliphatic heterocycles. The van der Waals surface area contributed by atoms with Gasteiger partial charge in [0.2, 0.25) is 5.91 Å². The van der Waals surface area contributed by atoms with Gasteiger partial charge in [-0.3, -0.25) is 9.78 Å². The van der Waals surface area contributed by atoms with Crippen LogP contribution in [-0.2, 0) is 0 Å². The maximum atomic E-state index is 11.4. The highest BCUT2D eigenvalue weighted by Gasteiger charge is 2.11. The van der Waals surface area contributed by atoms with E-state index in [1.165, 1.54) is 0 Å². The molecule has 2 heterocycles. The molecular formula is C19H18N4O. The van der Waals surface area contributed by atoms with Gasteiger partial charge < -0.3 is 11.1 Å². The average molecular weight is 318 g/mol. The Morgan fingerprint density at radius 1 is 1.04 bits per heavy atom. The smallest absolute Gasteiger partial charge is 0.248 e. The average Bonchev–Trinajstić information content (AvgIpc) is 2.59. The third kappa shape index (κ3) is 3.10. The highest BCUT2D eigenvalue weighted by Crippen LogP contribution is 2.28. The second-order valence-electron chi connectivity index (χ2n) is 5.57. The fourth-order valence-corrected chi connectivity index (χ4v) is 2.61. The molecule has 0 radical (unpaired) electrons. The summed E-state index contributed by atoms with van der Waals surface area (Å²) in [7, 11) is 0. The second kappa shape index (κ2) is 6.50. The fraction of sp³-hybridized carbons (Fsp3) is 0.105. The Hall–Kier alpha value is -3.21. The summed E-state index contributed by atoms with van der Waals surface area (Å²) in [5.74, 6) is 0.339. The first-order valence-electron chi connectivity index (χ1n) is 7.60. The van der Waals surface area contributed by atoms with Crippen molar-refractivity contribution in [2.45, 2.75) is 13.8 Å². The second-order valence-corrected chi connectivity index (χ2v) is 5.57. The number of benzene rings is 1. The van der Waals surface area contributed by atoms with E-state index in [2.05, 4.69) is 15.3 Å². The molecule has 3 aromatic rings. The first-order valence-corrected chi connectivity index (χ1v) is 7.60. The lowest BCUT2D eigenvalue weighted by atomic mass is 9.94. The number of hydrogen-bond donors (Lipinski definition) is 2. The third-order valence-corrected chi connectivity index (χ3v) is 4.06. The molecule has 0 unspecified atom stereocenters. The number of nitrogens with zero attached hydrogens (tertiary/aromatic N) is 2. The summed E-state index contributed by atoms with van der Waals surface area (Å²) >= 11 is 0. The van der Waals surface area contributed by atoms with Crippen molar-refractivity contribution in [2.24, 2.45) is 5.73 Å². The lowest BCUT2D eigenvalue weighted by Crippen LogP contribution is -2.13. The molecule has 0 aliphatic carbocycles. The summed E-state index contributed by atoms with van der Waals surface area (Å²) in [6.07, 6.45) is 5.28. The van der Waals surface area contributed by atoms with Crippen LogP contribution in [0.25, 0.3) is 11.1 Å². The predicted molar refractivity (Wildman–Crippen MR) is 95.2 cm³/mol. The summed E-state index contributed by atoms with van der Waals surface area (Å²) in [6, 6.07) is 11.4. The number of rotatable bonds is 4. The van der Waals surface area contributed by atoms with Crippen LogP contribution in [0.4, 0.5) is 11.5 Å². The zero-order valence-electron chi connectivity index (χ0n) is 13.6. The van der Waals surface area contributed by atoms with E-state index in [4.69, 9.17) is 5.73 Å². The maximum absolute atomic E-state index is 11.4. The first-order chi connectivity index (χ1) is 11.6. The molecule has 1 aromatic carbocycles. The zero-order chi connectivity index (χ0) is 17.1. The molecule has 120 valence electrons. The molecule has 0 atom stereocenters. The summed E-state index contributed by atoms with van der Waals surface area (Å²) in [5, 5.41) is 3.20. The normalized spacial score (nSPS) is 10.4. The molecule has 0 fully saturated rings. The number of nitrogens with one attached hydrogen (secondary N) is 1. The standard InChI is InChI=1S/C19H18N4O/c1-12-13(2)17(19(20)24)7-6-16(12)14-5-8-18(22-10-14)23-15-4-3-9-21-11-15/h3-11H,1-2H3,(H2,20,24)(H,22,23). The topological polar surface area (TPSA) is 80.9 Å². The van der Waals surface area contributed by atoms with Crippen molar-refractivity contribution in [3.8, 4) is 11.1 Å². The van der Waals surface area contributed by atoms with Gasteiger partial charge >= 0.3 is 0 Å². The molecule has 24 heavy (non-hydrogen) atoms. The van der Waals surface area contributed by atoms with Crippen molar-refractivity contribution in [3.05, 3.63) is 71.7 Å². The minimum absolute atomic E-state index is 0.406. The Bertz CT molecular complexity index is 874. The van der Waals surface area contributed by atoms with E-state index in [1.54, 1.807) is 18.5 Å². The molecule has 0 bridgehead atoms. The molecule has 5 nitrogen and oxygen atoms in total. The monoisotopic (exact) mass is 318 g/mol. The number of carbonyl (C=O) groups is 1. The minimum Gasteiger partial charge on any atom is -0.366 e. The van der Waals surface area contributed by atoms with E-state index < -0.39 is 5.91 Å². The van der Waals surface area contributed by atoms with Gasteiger partial charge in [0, 0.05) is 23.5 Å². The Morgan fingerprint density at radius 3 is 2.50 bits per heavy atom. The molecule has 3 N–H and O–H groups in total. The highest BCUT2D eigenvalue weighted by molar-refractivity contribution is 5.95. The van der Waals surface area contributed by atoms with Crippen LogP contribution in [0.5, 0.6) is 0 Å². The van der Waals surface area contributed by atoms with Crippen LogP contribution in [0.15, 0.2) is 55.0 Å². The number of primary amides is 1. The van der Waals surface area contributed by atoms with Crippen molar-refractivity contribution in [1.82, 2.24) is 9.97 Å². The predicted octanol–water partition coefficient (Wildman–Crippen LogP) is 3.60. The zero-order valence-corrected chi connectivity index (χ0v) is 13.6. The van der Waals surface area contributed by atoms with Gasteiger partial charge in [0.25, 0.3) is 0 Å². The Kier molecular flexibility index (Phi) is 4.24. The SMILES string of the molecule is Cc1c(C(N)=O)ccc(-c2ccc(Nc3cccnc3)nc2)c1C. The number of carbonyl (C=O) groups excluding carboxylic acids is 1. The van der Waals surface area contributed by atoms with Crippen LogP contribution in [0, 0.1) is 13.8 Å². The molecule has 2 aromatic heterocycles. The minimum atomic E-state index is -0.406. The molecule has 0 saturated carbocycles. The van der Waals surface area contributed by atoms with Gasteiger partial charge in [-0.15, -0.1) is 0 Å². The van der Waals surface area contributed by atoms with Gasteiger partial charge in [0.1, 0.15) is 5.82 Å². The first kappa shape index (κ1) is 15.7. The summed E-state index contributed by atoms with van der Waals surface area (Å²) in [4.78, 5) is 19.9. The Morgan fingerprint density at radius 2 is 1.88 bits per heavy atom. The van der Waals surface area contributed by atoms with Gasteiger partial charge in [-0.05, 0) is 60.9 Å². The Labute approximate surface area is 140 Å². The van der Waals surface area contributed by atoms with Crippen LogP contribution in [0.1, 0.15) is 21.5 Å². The molecule has 1 amide bonds. The third-order valence-electron chi connectivity index (χ3n) is 4.06. The molecule has 0 aliphatic rings. The van der Waals surface area contributed by atoms with Crippen LogP contribution in [0.3, 0.4) is 0 Å². The van der Waals surface area contributed by atoms with E-state index >= 15 is 0 Å². The summed E-state index contributed by atoms with van der Waals surface area (Å²) < 4.78 is 0. The van der Waals surface area contributed by atoms with E-state index in [-0.39, 0.29) is 0 Å². The van der Waals surface area contributed by atoms with Crippen molar-refractivity contribution < 1.29 is 4.79 Å². The molecule has 0 saturated heterocycles. The van der Waals surface area contributed by atoms with Gasteiger partial charge in [0.05, 0.1) is 11.9 Å². The number of pyridine rings is 2. The quantitative estimate of drug-likeness (QED) is 0.770. The molecule has 0 spiro atoms. The largest absolute Gasteiger partial charge is 0.366 e. The molecule has 5 heteroatoms. The van der Waals surface area contributed by atoms with E-state index in [1.807, 2.05) is 50.4 Å². The van der Waals surface area contributed by atoms with Crippen LogP contribution in [-0.4, -0.2) is 15.9 Å². The van der Waals surface area contributed by atoms with Crippen molar-refractivity contribution in [3.63, 3.8) is 0 Å². The number of hydrogen-bond acceptors (Lipinski definition) is 4. The lowest BCUT2D eigenvalue weighted by Gasteiger charge is -2.12. The number of amides is 1. The number of anilines is 2. The van der Waals surface area contributed by atoms with E-state index in [9.17, 15) is 4.79 Å². The van der Waals surface area contributed by atoms with Crippen molar-refractivity contribution in [2.75, 3.05) is 5.32 Å². The number of nitrogens with two attached hydrogens (primary N) is 1. The van der Waals surface area contributed by atoms with Gasteiger partial charge in [-0.1, -0.05) is 6.07 Å². The van der Waals surface area contributed by atoms with Gasteiger partial charge in [-0.2, -0.15) is 0 Å². The molecular weight excluding hydrogens is 300 g/mol. The summed E-state index contributed by atoms with van der Waals surface area (Å²) in [6.45, 7) is 3.89. The van der Waals surface area contributed by atoms with Crippen molar-refractivity contribution in [1.29, 1.82) is 0 Å². The highest BCUT2D eigenvalue weighted by atomic mass is 16.1. The lowest BCUT2D eigenvalue weighted by molar-refractivity contribution is 0.0999. The number of aromatic nitrogens is 2. The molecule has 3 rings (SSSR count). The van der Waals surface area contributed by atoms with E-state index in [0.717, 1.165) is 33.8 Å². The van der Waals surface area contributed by atoms with Crippen LogP contribution >= 0.6 is 0 Å². The maximum Gasteiger partial charge on any atom is 0.248 e. The fourth-order valence-electron chi connectivity index (χ4n) is 2.61. The Balaban J connectivity index is 1.89. The van der Waals surface area contributed by atoms with Gasteiger partial charge in [0.15, 0.2) is 0 Å². The van der Waals surface area contributed by atoms with Gasteiger partial charge in [-0.25, -0.2) is 4.98 Å². The van der Waals surface area contributed by atoms with Crippen LogP contribution < -0.4 is 11.1 Å². The van der Waals surface area contributed by atoms with E-state index in [0.29, 0.717) is 5.56 Å².